The van der Waals surface area contributed by atoms with Crippen LogP contribution in [-0.2, 0) is 0 Å². The van der Waals surface area contributed by atoms with Crippen LogP contribution in [0.2, 0.25) is 0 Å². The molecule has 33 heavy (non-hydrogen) atoms. The highest BCUT2D eigenvalue weighted by molar-refractivity contribution is 7.25. The molecule has 0 fully saturated rings. The van der Waals surface area contributed by atoms with Gasteiger partial charge in [-0.2, -0.15) is 0 Å². The van der Waals surface area contributed by atoms with Crippen molar-refractivity contribution in [2.45, 2.75) is 0 Å². The molecule has 1 N–H and O–H groups in total. The van der Waals surface area contributed by atoms with Crippen molar-refractivity contribution in [2.75, 3.05) is 5.32 Å². The Balaban J connectivity index is 1.47. The second-order valence-electron chi connectivity index (χ2n) is 8.35. The van der Waals surface area contributed by atoms with E-state index in [0.29, 0.717) is 0 Å². The molecule has 0 saturated heterocycles. The summed E-state index contributed by atoms with van der Waals surface area (Å²) >= 11 is 1.86. The normalized spacial score (nSPS) is 11.6. The number of anilines is 2. The highest BCUT2D eigenvalue weighted by Gasteiger charge is 2.14. The summed E-state index contributed by atoms with van der Waals surface area (Å²) in [4.78, 5) is 0. The van der Waals surface area contributed by atoms with Crippen LogP contribution >= 0.6 is 11.3 Å². The van der Waals surface area contributed by atoms with Crippen LogP contribution in [-0.4, -0.2) is 4.57 Å². The number of rotatable bonds is 3. The topological polar surface area (TPSA) is 17.0 Å². The van der Waals surface area contributed by atoms with Crippen molar-refractivity contribution in [3.05, 3.63) is 115 Å². The molecule has 0 aliphatic carbocycles. The molecule has 0 unspecified atom stereocenters. The first-order valence-corrected chi connectivity index (χ1v) is 11.9. The number of para-hydroxylation sites is 2. The number of hydrogen-bond donors (Lipinski definition) is 1. The zero-order valence-electron chi connectivity index (χ0n) is 17.8. The number of thiophene rings is 1. The minimum absolute atomic E-state index is 1.08. The Kier molecular flexibility index (Phi) is 4.05. The van der Waals surface area contributed by atoms with E-state index in [9.17, 15) is 0 Å². The molecule has 2 heterocycles. The highest BCUT2D eigenvalue weighted by atomic mass is 32.1. The molecule has 0 spiro atoms. The highest BCUT2D eigenvalue weighted by Crippen LogP contribution is 2.38. The van der Waals surface area contributed by atoms with Crippen LogP contribution in [0.5, 0.6) is 0 Å². The molecule has 156 valence electrons. The number of aromatic nitrogens is 1. The van der Waals surface area contributed by atoms with Crippen LogP contribution in [0.3, 0.4) is 0 Å². The molecule has 5 aromatic carbocycles. The SMILES string of the molecule is c1ccc(Nc2ccc3c4ccccc4n(-c4ccc5c(c4)sc4ccccc45)c3c2)cc1. The molecule has 7 aromatic rings. The Morgan fingerprint density at radius 3 is 2.09 bits per heavy atom. The summed E-state index contributed by atoms with van der Waals surface area (Å²) in [6, 6.07) is 41.2. The van der Waals surface area contributed by atoms with E-state index >= 15 is 0 Å². The first-order valence-electron chi connectivity index (χ1n) is 11.1. The van der Waals surface area contributed by atoms with E-state index < -0.39 is 0 Å². The summed E-state index contributed by atoms with van der Waals surface area (Å²) in [5.41, 5.74) is 5.80. The lowest BCUT2D eigenvalue weighted by Gasteiger charge is -2.10. The van der Waals surface area contributed by atoms with Crippen LogP contribution in [0.4, 0.5) is 11.4 Å². The van der Waals surface area contributed by atoms with Gasteiger partial charge < -0.3 is 9.88 Å². The summed E-state index contributed by atoms with van der Waals surface area (Å²) < 4.78 is 5.05. The summed E-state index contributed by atoms with van der Waals surface area (Å²) in [6.07, 6.45) is 0. The standard InChI is InChI=1S/C30H20N2S/c1-2-8-20(9-3-1)31-21-14-16-24-23-10-4-6-12-27(23)32(28(24)18-21)22-15-17-26-25-11-5-7-13-29(25)33-30(26)19-22/h1-19,31H. The van der Waals surface area contributed by atoms with Crippen molar-refractivity contribution < 1.29 is 0 Å². The largest absolute Gasteiger partial charge is 0.355 e. The number of fused-ring (bicyclic) bond motifs is 6. The molecule has 0 amide bonds. The lowest BCUT2D eigenvalue weighted by atomic mass is 10.1. The smallest absolute Gasteiger partial charge is 0.0561 e. The molecule has 0 bridgehead atoms. The van der Waals surface area contributed by atoms with Crippen LogP contribution in [0.15, 0.2) is 115 Å². The number of hydrogen-bond acceptors (Lipinski definition) is 2. The van der Waals surface area contributed by atoms with Gasteiger partial charge >= 0.3 is 0 Å². The number of benzene rings is 5. The Morgan fingerprint density at radius 1 is 0.485 bits per heavy atom. The molecule has 0 atom stereocenters. The molecule has 2 nitrogen and oxygen atoms in total. The predicted molar refractivity (Wildman–Crippen MR) is 143 cm³/mol. The maximum absolute atomic E-state index is 3.56. The van der Waals surface area contributed by atoms with Crippen molar-refractivity contribution >= 4 is 64.7 Å². The summed E-state index contributed by atoms with van der Waals surface area (Å²) in [5.74, 6) is 0. The van der Waals surface area contributed by atoms with Crippen LogP contribution in [0.1, 0.15) is 0 Å². The van der Waals surface area contributed by atoms with E-state index in [1.807, 2.05) is 17.4 Å². The van der Waals surface area contributed by atoms with E-state index in [0.717, 1.165) is 11.4 Å². The molecular formula is C30H20N2S. The molecule has 0 aliphatic heterocycles. The third-order valence-corrected chi connectivity index (χ3v) is 7.49. The first-order chi connectivity index (χ1) is 16.3. The molecule has 0 saturated carbocycles. The van der Waals surface area contributed by atoms with Crippen molar-refractivity contribution in [1.82, 2.24) is 4.57 Å². The summed E-state index contributed by atoms with van der Waals surface area (Å²) in [7, 11) is 0. The number of nitrogens with one attached hydrogen (secondary N) is 1. The molecule has 2 aromatic heterocycles. The summed E-state index contributed by atoms with van der Waals surface area (Å²) in [6.45, 7) is 0. The zero-order valence-corrected chi connectivity index (χ0v) is 18.6. The van der Waals surface area contributed by atoms with Gasteiger partial charge in [0.2, 0.25) is 0 Å². The Hall–Kier alpha value is -4.08. The van der Waals surface area contributed by atoms with Crippen molar-refractivity contribution in [2.24, 2.45) is 0 Å². The van der Waals surface area contributed by atoms with E-state index in [1.54, 1.807) is 0 Å². The molecule has 7 rings (SSSR count). The fourth-order valence-corrected chi connectivity index (χ4v) is 6.01. The van der Waals surface area contributed by atoms with Crippen LogP contribution in [0, 0.1) is 0 Å². The molecule has 0 radical (unpaired) electrons. The first kappa shape index (κ1) is 18.5. The van der Waals surface area contributed by atoms with Gasteiger partial charge in [0.1, 0.15) is 0 Å². The van der Waals surface area contributed by atoms with Gasteiger partial charge in [-0.05, 0) is 48.5 Å². The van der Waals surface area contributed by atoms with Gasteiger partial charge in [-0.15, -0.1) is 11.3 Å². The fourth-order valence-electron chi connectivity index (χ4n) is 4.87. The third-order valence-electron chi connectivity index (χ3n) is 6.36. The second-order valence-corrected chi connectivity index (χ2v) is 9.44. The van der Waals surface area contributed by atoms with E-state index in [4.69, 9.17) is 0 Å². The monoisotopic (exact) mass is 440 g/mol. The average Bonchev–Trinajstić information content (AvgIpc) is 3.39. The van der Waals surface area contributed by atoms with Gasteiger partial charge in [0.15, 0.2) is 0 Å². The van der Waals surface area contributed by atoms with Gasteiger partial charge in [-0.25, -0.2) is 0 Å². The lowest BCUT2D eigenvalue weighted by Crippen LogP contribution is -1.95. The maximum atomic E-state index is 3.56. The van der Waals surface area contributed by atoms with Crippen molar-refractivity contribution in [3.8, 4) is 5.69 Å². The third kappa shape index (κ3) is 2.94. The number of nitrogens with zero attached hydrogens (tertiary/aromatic N) is 1. The van der Waals surface area contributed by atoms with Crippen molar-refractivity contribution in [1.29, 1.82) is 0 Å². The minimum atomic E-state index is 1.08. The zero-order chi connectivity index (χ0) is 21.8. The van der Waals surface area contributed by atoms with Gasteiger partial charge in [-0.3, -0.25) is 0 Å². The molecule has 3 heteroatoms. The van der Waals surface area contributed by atoms with Gasteiger partial charge in [0, 0.05) is 48.0 Å². The van der Waals surface area contributed by atoms with E-state index in [2.05, 4.69) is 119 Å². The Labute approximate surface area is 195 Å². The fraction of sp³-hybridized carbons (Fsp3) is 0. The van der Waals surface area contributed by atoms with Gasteiger partial charge in [-0.1, -0.05) is 66.7 Å². The quantitative estimate of drug-likeness (QED) is 0.290. The van der Waals surface area contributed by atoms with E-state index in [-0.39, 0.29) is 0 Å². The van der Waals surface area contributed by atoms with Crippen LogP contribution < -0.4 is 5.32 Å². The van der Waals surface area contributed by atoms with Crippen molar-refractivity contribution in [3.63, 3.8) is 0 Å². The molecular weight excluding hydrogens is 420 g/mol. The predicted octanol–water partition coefficient (Wildman–Crippen LogP) is 8.90. The average molecular weight is 441 g/mol. The van der Waals surface area contributed by atoms with Crippen LogP contribution in [0.25, 0.3) is 47.7 Å². The second kappa shape index (κ2) is 7.22. The lowest BCUT2D eigenvalue weighted by molar-refractivity contribution is 1.19. The molecule has 0 aliphatic rings. The Morgan fingerprint density at radius 2 is 1.18 bits per heavy atom. The van der Waals surface area contributed by atoms with Gasteiger partial charge in [0.25, 0.3) is 0 Å². The summed E-state index contributed by atoms with van der Waals surface area (Å²) in [5, 5.41) is 8.75. The van der Waals surface area contributed by atoms with E-state index in [1.165, 1.54) is 47.7 Å². The maximum Gasteiger partial charge on any atom is 0.0561 e. The Bertz CT molecular complexity index is 1790. The van der Waals surface area contributed by atoms with Gasteiger partial charge in [0.05, 0.1) is 11.0 Å². The minimum Gasteiger partial charge on any atom is -0.355 e.